The van der Waals surface area contributed by atoms with E-state index in [9.17, 15) is 19.5 Å². The highest BCUT2D eigenvalue weighted by molar-refractivity contribution is 7.55. The van der Waals surface area contributed by atoms with E-state index in [0.29, 0.717) is 11.3 Å². The van der Waals surface area contributed by atoms with E-state index in [1.165, 1.54) is 24.3 Å². The van der Waals surface area contributed by atoms with E-state index in [2.05, 4.69) is 5.32 Å². The van der Waals surface area contributed by atoms with E-state index in [1.54, 1.807) is 44.2 Å². The highest BCUT2D eigenvalue weighted by Gasteiger charge is 2.42. The Morgan fingerprint density at radius 2 is 1.63 bits per heavy atom. The zero-order valence-corrected chi connectivity index (χ0v) is 15.9. The summed E-state index contributed by atoms with van der Waals surface area (Å²) < 4.78 is 24.1. The molecule has 2 aromatic rings. The first-order chi connectivity index (χ1) is 12.9. The highest BCUT2D eigenvalue weighted by atomic mass is 31.2. The van der Waals surface area contributed by atoms with Crippen LogP contribution in [0.2, 0.25) is 0 Å². The lowest BCUT2D eigenvalue weighted by Crippen LogP contribution is -2.23. The summed E-state index contributed by atoms with van der Waals surface area (Å²) >= 11 is 0. The van der Waals surface area contributed by atoms with Crippen LogP contribution in [0.25, 0.3) is 0 Å². The van der Waals surface area contributed by atoms with Gasteiger partial charge in [-0.05, 0) is 31.5 Å². The maximum atomic E-state index is 13.3. The molecule has 0 spiro atoms. The molecular weight excluding hydrogens is 371 g/mol. The van der Waals surface area contributed by atoms with E-state index in [4.69, 9.17) is 9.05 Å². The monoisotopic (exact) mass is 392 g/mol. The Balaban J connectivity index is 2.36. The number of anilines is 1. The molecule has 0 bridgehead atoms. The summed E-state index contributed by atoms with van der Waals surface area (Å²) in [5, 5.41) is 13.4. The number of nitrogens with one attached hydrogen (secondary N) is 1. The first-order valence-corrected chi connectivity index (χ1v) is 10.0. The summed E-state index contributed by atoms with van der Waals surface area (Å²) in [6, 6.07) is 13.9. The van der Waals surface area contributed by atoms with Gasteiger partial charge in [0.25, 0.3) is 5.69 Å². The van der Waals surface area contributed by atoms with Crippen LogP contribution in [0.3, 0.4) is 0 Å². The second-order valence-corrected chi connectivity index (χ2v) is 7.59. The first kappa shape index (κ1) is 20.8. The Kier molecular flexibility index (Phi) is 7.24. The van der Waals surface area contributed by atoms with E-state index in [0.717, 1.165) is 0 Å². The Morgan fingerprint density at radius 3 is 2.11 bits per heavy atom. The molecule has 0 aliphatic carbocycles. The quantitative estimate of drug-likeness (QED) is 0.381. The Hall–Kier alpha value is -2.54. The van der Waals surface area contributed by atoms with Gasteiger partial charge in [-0.3, -0.25) is 19.5 Å². The lowest BCUT2D eigenvalue weighted by molar-refractivity contribution is -0.384. The van der Waals surface area contributed by atoms with Gasteiger partial charge in [-0.25, -0.2) is 0 Å². The number of rotatable bonds is 9. The van der Waals surface area contributed by atoms with E-state index < -0.39 is 24.1 Å². The standard InChI is InChI=1S/C18H21N2O6P/c1-3-25-27(24,26-4-2)17(14-8-6-5-7-9-14)18(21)19-15-10-12-16(13-11-15)20(22)23/h5-13,17H,3-4H2,1-2H3,(H,19,21). The molecule has 1 unspecified atom stereocenters. The Bertz CT molecular complexity index is 816. The van der Waals surface area contributed by atoms with Crippen LogP contribution in [0, 0.1) is 10.1 Å². The van der Waals surface area contributed by atoms with Crippen molar-refractivity contribution >= 4 is 24.9 Å². The summed E-state index contributed by atoms with van der Waals surface area (Å²) in [5.74, 6) is -0.583. The van der Waals surface area contributed by atoms with Crippen molar-refractivity contribution in [1.82, 2.24) is 0 Å². The fourth-order valence-electron chi connectivity index (χ4n) is 2.54. The molecule has 0 aromatic heterocycles. The van der Waals surface area contributed by atoms with Crippen molar-refractivity contribution in [3.63, 3.8) is 0 Å². The number of benzene rings is 2. The summed E-state index contributed by atoms with van der Waals surface area (Å²) in [5.41, 5.74) is -0.441. The predicted octanol–water partition coefficient (Wildman–Crippen LogP) is 4.54. The molecule has 0 aliphatic heterocycles. The summed E-state index contributed by atoms with van der Waals surface area (Å²) in [7, 11) is -3.79. The fraction of sp³-hybridized carbons (Fsp3) is 0.278. The van der Waals surface area contributed by atoms with E-state index in [-0.39, 0.29) is 18.9 Å². The average molecular weight is 392 g/mol. The molecule has 0 aliphatic rings. The number of carbonyl (C=O) groups is 1. The molecule has 27 heavy (non-hydrogen) atoms. The molecule has 0 saturated heterocycles. The number of nitro groups is 1. The van der Waals surface area contributed by atoms with Crippen molar-refractivity contribution in [3.8, 4) is 0 Å². The Labute approximate surface area is 157 Å². The molecule has 1 N–H and O–H groups in total. The van der Waals surface area contributed by atoms with E-state index in [1.807, 2.05) is 0 Å². The number of amides is 1. The van der Waals surface area contributed by atoms with Crippen molar-refractivity contribution in [2.45, 2.75) is 19.5 Å². The van der Waals surface area contributed by atoms with Crippen LogP contribution in [0.4, 0.5) is 11.4 Å². The van der Waals surface area contributed by atoms with Gasteiger partial charge in [0.1, 0.15) is 0 Å². The van der Waals surface area contributed by atoms with Gasteiger partial charge in [-0.1, -0.05) is 30.3 Å². The zero-order valence-electron chi connectivity index (χ0n) is 15.0. The third-order valence-corrected chi connectivity index (χ3v) is 6.04. The van der Waals surface area contributed by atoms with Gasteiger partial charge < -0.3 is 14.4 Å². The molecule has 2 rings (SSSR count). The predicted molar refractivity (Wildman–Crippen MR) is 102 cm³/mol. The fourth-order valence-corrected chi connectivity index (χ4v) is 4.52. The van der Waals surface area contributed by atoms with Crippen LogP contribution in [0.15, 0.2) is 54.6 Å². The molecule has 0 heterocycles. The number of hydrogen-bond acceptors (Lipinski definition) is 6. The molecule has 8 nitrogen and oxygen atoms in total. The van der Waals surface area contributed by atoms with Gasteiger partial charge >= 0.3 is 7.60 Å². The smallest absolute Gasteiger partial charge is 0.325 e. The zero-order chi connectivity index (χ0) is 19.9. The summed E-state index contributed by atoms with van der Waals surface area (Å²) in [4.78, 5) is 23.2. The summed E-state index contributed by atoms with van der Waals surface area (Å²) in [6.45, 7) is 3.57. The molecule has 9 heteroatoms. The topological polar surface area (TPSA) is 108 Å². The van der Waals surface area contributed by atoms with Crippen molar-refractivity contribution in [2.24, 2.45) is 0 Å². The molecule has 0 saturated carbocycles. The second kappa shape index (κ2) is 9.41. The minimum atomic E-state index is -3.79. The van der Waals surface area contributed by atoms with Gasteiger partial charge in [-0.15, -0.1) is 0 Å². The third-order valence-electron chi connectivity index (χ3n) is 3.64. The number of carbonyl (C=O) groups excluding carboxylic acids is 1. The molecule has 1 atom stereocenters. The number of nitro benzene ring substituents is 1. The minimum absolute atomic E-state index is 0.0955. The van der Waals surface area contributed by atoms with Crippen LogP contribution >= 0.6 is 7.60 Å². The van der Waals surface area contributed by atoms with Gasteiger partial charge in [0.2, 0.25) is 5.91 Å². The normalized spacial score (nSPS) is 12.4. The van der Waals surface area contributed by atoms with Gasteiger partial charge in [-0.2, -0.15) is 0 Å². The first-order valence-electron chi connectivity index (χ1n) is 8.40. The number of non-ortho nitro benzene ring substituents is 1. The molecule has 0 radical (unpaired) electrons. The highest BCUT2D eigenvalue weighted by Crippen LogP contribution is 2.61. The van der Waals surface area contributed by atoms with Crippen LogP contribution in [-0.2, 0) is 18.4 Å². The third kappa shape index (κ3) is 5.23. The van der Waals surface area contributed by atoms with Gasteiger partial charge in [0, 0.05) is 17.8 Å². The maximum Gasteiger partial charge on any atom is 0.347 e. The van der Waals surface area contributed by atoms with Gasteiger partial charge in [0.05, 0.1) is 18.1 Å². The van der Waals surface area contributed by atoms with Crippen molar-refractivity contribution in [3.05, 3.63) is 70.3 Å². The molecule has 2 aromatic carbocycles. The number of hydrogen-bond donors (Lipinski definition) is 1. The number of nitrogens with zero attached hydrogens (tertiary/aromatic N) is 1. The molecule has 1 amide bonds. The molecule has 144 valence electrons. The SMILES string of the molecule is CCOP(=O)(OCC)C(C(=O)Nc1ccc([N+](=O)[O-])cc1)c1ccccc1. The lowest BCUT2D eigenvalue weighted by atomic mass is 10.1. The maximum absolute atomic E-state index is 13.3. The van der Waals surface area contributed by atoms with E-state index >= 15 is 0 Å². The molecular formula is C18H21N2O6P. The van der Waals surface area contributed by atoms with Crippen molar-refractivity contribution in [2.75, 3.05) is 18.5 Å². The minimum Gasteiger partial charge on any atom is -0.325 e. The van der Waals surface area contributed by atoms with Crippen molar-refractivity contribution in [1.29, 1.82) is 0 Å². The van der Waals surface area contributed by atoms with Crippen LogP contribution in [0.1, 0.15) is 25.1 Å². The van der Waals surface area contributed by atoms with Crippen molar-refractivity contribution < 1.29 is 23.3 Å². The average Bonchev–Trinajstić information content (AvgIpc) is 2.63. The largest absolute Gasteiger partial charge is 0.347 e. The van der Waals surface area contributed by atoms with Crippen LogP contribution in [0.5, 0.6) is 0 Å². The lowest BCUT2D eigenvalue weighted by Gasteiger charge is -2.26. The van der Waals surface area contributed by atoms with Gasteiger partial charge in [0.15, 0.2) is 5.66 Å². The van der Waals surface area contributed by atoms with Crippen LogP contribution < -0.4 is 5.32 Å². The molecule has 0 fully saturated rings. The summed E-state index contributed by atoms with van der Waals surface area (Å²) in [6.07, 6.45) is 0. The Morgan fingerprint density at radius 1 is 1.07 bits per heavy atom. The second-order valence-electron chi connectivity index (χ2n) is 5.48. The van der Waals surface area contributed by atoms with Crippen LogP contribution in [-0.4, -0.2) is 24.0 Å².